The average molecular weight is 98.2 g/mol. The molecular weight excluding hydrogens is 88.1 g/mol. The van der Waals surface area contributed by atoms with Gasteiger partial charge in [-0.3, -0.25) is 0 Å². The summed E-state index contributed by atoms with van der Waals surface area (Å²) < 4.78 is 0. The van der Waals surface area contributed by atoms with Crippen LogP contribution in [0.25, 0.3) is 0 Å². The van der Waals surface area contributed by atoms with Crippen LogP contribution in [0.4, 0.5) is 0 Å². The van der Waals surface area contributed by atoms with Crippen molar-refractivity contribution in [2.24, 2.45) is 0 Å². The van der Waals surface area contributed by atoms with E-state index in [4.69, 9.17) is 0 Å². The Balaban J connectivity index is 3.41. The van der Waals surface area contributed by atoms with Crippen LogP contribution in [0.2, 0.25) is 13.1 Å². The summed E-state index contributed by atoms with van der Waals surface area (Å²) in [6, 6.07) is 0. The van der Waals surface area contributed by atoms with Gasteiger partial charge in [-0.05, 0) is 0 Å². The second-order valence-corrected chi connectivity index (χ2v) is 3.97. The summed E-state index contributed by atoms with van der Waals surface area (Å²) in [5, 5.41) is 0. The van der Waals surface area contributed by atoms with E-state index in [1.54, 1.807) is 0 Å². The lowest BCUT2D eigenvalue weighted by Gasteiger charge is -1.73. The first-order chi connectivity index (χ1) is 2.77. The van der Waals surface area contributed by atoms with Crippen LogP contribution in [0.15, 0.2) is 12.7 Å². The summed E-state index contributed by atoms with van der Waals surface area (Å²) in [6.07, 6.45) is 1.87. The van der Waals surface area contributed by atoms with Gasteiger partial charge in [-0.1, -0.05) is 31.4 Å². The Morgan fingerprint density at radius 3 is 2.00 bits per heavy atom. The van der Waals surface area contributed by atoms with E-state index in [9.17, 15) is 0 Å². The van der Waals surface area contributed by atoms with Gasteiger partial charge in [0.05, 0.1) is 0 Å². The van der Waals surface area contributed by atoms with Crippen LogP contribution in [0.3, 0.4) is 0 Å². The van der Waals surface area contributed by atoms with Gasteiger partial charge in [0.25, 0.3) is 0 Å². The van der Waals surface area contributed by atoms with E-state index in [1.165, 1.54) is 0 Å². The molecule has 0 nitrogen and oxygen atoms in total. The van der Waals surface area contributed by atoms with Gasteiger partial charge in [-0.15, -0.1) is 0 Å². The summed E-state index contributed by atoms with van der Waals surface area (Å²) >= 11 is 0. The van der Waals surface area contributed by atoms with E-state index in [0.29, 0.717) is 0 Å². The minimum atomic E-state index is -0.129. The van der Waals surface area contributed by atoms with Crippen LogP contribution >= 0.6 is 0 Å². The van der Waals surface area contributed by atoms with Crippen molar-refractivity contribution in [3.63, 3.8) is 0 Å². The molecule has 0 spiro atoms. The quantitative estimate of drug-likeness (QED) is 0.434. The van der Waals surface area contributed by atoms with Gasteiger partial charge < -0.3 is 0 Å². The van der Waals surface area contributed by atoms with Gasteiger partial charge in [0.15, 0.2) is 0 Å². The highest BCUT2D eigenvalue weighted by molar-refractivity contribution is 6.65. The first kappa shape index (κ1) is 5.83. The molecule has 0 aliphatic carbocycles. The summed E-state index contributed by atoms with van der Waals surface area (Å²) in [7, 11) is -0.129. The molecular formula is C5H10Si. The smallest absolute Gasteiger partial charge is 0.00318 e. The Bertz CT molecular complexity index is 68.0. The van der Waals surface area contributed by atoms with Crippen molar-refractivity contribution in [2.45, 2.75) is 13.1 Å². The van der Waals surface area contributed by atoms with Crippen molar-refractivity contribution >= 4 is 14.1 Å². The molecule has 0 atom stereocenters. The second-order valence-electron chi connectivity index (χ2n) is 1.48. The predicted molar refractivity (Wildman–Crippen MR) is 33.7 cm³/mol. The molecule has 34 valence electrons. The van der Waals surface area contributed by atoms with Crippen molar-refractivity contribution < 1.29 is 0 Å². The molecule has 0 aromatic carbocycles. The molecule has 1 heteroatoms. The van der Waals surface area contributed by atoms with E-state index in [2.05, 4.69) is 25.3 Å². The Morgan fingerprint density at radius 1 is 1.50 bits per heavy atom. The Labute approximate surface area is 40.7 Å². The zero-order chi connectivity index (χ0) is 4.99. The highest BCUT2D eigenvalue weighted by Gasteiger charge is 1.66. The van der Waals surface area contributed by atoms with Gasteiger partial charge >= 0.3 is 0 Å². The van der Waals surface area contributed by atoms with E-state index in [1.807, 2.05) is 6.08 Å². The molecule has 0 fully saturated rings. The third kappa shape index (κ3) is 3.83. The standard InChI is InChI=1S/C5H10Si/c1-4-5-6(2)3/h4-5H,1H2,2-3H3. The zero-order valence-electron chi connectivity index (χ0n) is 4.36. The normalized spacial score (nSPS) is 7.00. The maximum absolute atomic E-state index is 3.57. The molecule has 0 saturated carbocycles. The van der Waals surface area contributed by atoms with Gasteiger partial charge in [-0.25, -0.2) is 0 Å². The van der Waals surface area contributed by atoms with Gasteiger partial charge in [0, 0.05) is 8.41 Å². The molecule has 0 aliphatic heterocycles. The zero-order valence-corrected chi connectivity index (χ0v) is 5.36. The molecule has 0 bridgehead atoms. The molecule has 0 rings (SSSR count). The number of hydrogen-bond donors (Lipinski definition) is 0. The molecule has 0 aromatic heterocycles. The van der Waals surface area contributed by atoms with Crippen molar-refractivity contribution in [1.29, 1.82) is 0 Å². The summed E-state index contributed by atoms with van der Waals surface area (Å²) in [4.78, 5) is 0. The molecule has 6 heavy (non-hydrogen) atoms. The van der Waals surface area contributed by atoms with E-state index in [-0.39, 0.29) is 8.41 Å². The fraction of sp³-hybridized carbons (Fsp3) is 0.400. The van der Waals surface area contributed by atoms with Crippen LogP contribution in [0.1, 0.15) is 0 Å². The highest BCUT2D eigenvalue weighted by Crippen LogP contribution is 1.60. The monoisotopic (exact) mass is 98.1 g/mol. The van der Waals surface area contributed by atoms with Crippen LogP contribution in [0.5, 0.6) is 0 Å². The minimum absolute atomic E-state index is 0.129. The van der Waals surface area contributed by atoms with Crippen LogP contribution in [-0.2, 0) is 0 Å². The first-order valence-electron chi connectivity index (χ1n) is 2.03. The molecule has 0 aromatic rings. The fourth-order valence-corrected chi connectivity index (χ4v) is 0.707. The van der Waals surface area contributed by atoms with Gasteiger partial charge in [0.2, 0.25) is 0 Å². The summed E-state index contributed by atoms with van der Waals surface area (Å²) in [5.74, 6) is 0. The minimum Gasteiger partial charge on any atom is -0.0995 e. The predicted octanol–water partition coefficient (Wildman–Crippen LogP) is 1.31. The summed E-state index contributed by atoms with van der Waals surface area (Å²) in [5.41, 5.74) is 2.16. The van der Waals surface area contributed by atoms with Crippen molar-refractivity contribution in [3.8, 4) is 0 Å². The molecule has 0 N–H and O–H groups in total. The first-order valence-corrected chi connectivity index (χ1v) is 4.61. The summed E-state index contributed by atoms with van der Waals surface area (Å²) in [6.45, 7) is 8.03. The Morgan fingerprint density at radius 2 is 2.00 bits per heavy atom. The maximum atomic E-state index is 3.57. The lowest BCUT2D eigenvalue weighted by molar-refractivity contribution is 2.10. The van der Waals surface area contributed by atoms with Crippen molar-refractivity contribution in [1.82, 2.24) is 0 Å². The Kier molecular flexibility index (Phi) is 2.95. The van der Waals surface area contributed by atoms with E-state index < -0.39 is 0 Å². The third-order valence-electron chi connectivity index (χ3n) is 0.451. The lowest BCUT2D eigenvalue weighted by Crippen LogP contribution is -1.85. The number of rotatable bonds is 1. The highest BCUT2D eigenvalue weighted by atomic mass is 28.2. The SMILES string of the molecule is C=CC=[Si](C)C. The van der Waals surface area contributed by atoms with Crippen molar-refractivity contribution in [3.05, 3.63) is 12.7 Å². The van der Waals surface area contributed by atoms with Crippen LogP contribution < -0.4 is 0 Å². The van der Waals surface area contributed by atoms with Crippen LogP contribution in [0, 0.1) is 0 Å². The average Bonchev–Trinajstić information content (AvgIpc) is 1.35. The molecule has 0 heterocycles. The van der Waals surface area contributed by atoms with Gasteiger partial charge in [0.1, 0.15) is 0 Å². The molecule has 0 unspecified atom stereocenters. The molecule has 0 amide bonds. The Hall–Kier alpha value is -0.173. The molecule has 0 saturated heterocycles. The lowest BCUT2D eigenvalue weighted by atomic mass is 10.8. The topological polar surface area (TPSA) is 0 Å². The second kappa shape index (κ2) is 3.03. The van der Waals surface area contributed by atoms with E-state index >= 15 is 0 Å². The number of allylic oxidation sites excluding steroid dienone is 1. The number of hydrogen-bond acceptors (Lipinski definition) is 0. The van der Waals surface area contributed by atoms with Gasteiger partial charge in [-0.2, -0.15) is 0 Å². The largest absolute Gasteiger partial charge is 0.0995 e. The fourth-order valence-electron chi connectivity index (χ4n) is 0.236. The maximum Gasteiger partial charge on any atom is 0.00318 e. The van der Waals surface area contributed by atoms with Crippen LogP contribution in [-0.4, -0.2) is 14.1 Å². The molecule has 0 aliphatic rings. The van der Waals surface area contributed by atoms with Crippen molar-refractivity contribution in [2.75, 3.05) is 0 Å². The molecule has 0 radical (unpaired) electrons. The third-order valence-corrected chi connectivity index (χ3v) is 1.35. The van der Waals surface area contributed by atoms with E-state index in [0.717, 1.165) is 0 Å².